The minimum Gasteiger partial charge on any atom is -0.381 e. The lowest BCUT2D eigenvalue weighted by Crippen LogP contribution is -2.41. The lowest BCUT2D eigenvalue weighted by Gasteiger charge is -2.27. The fourth-order valence-corrected chi connectivity index (χ4v) is 3.83. The lowest BCUT2D eigenvalue weighted by molar-refractivity contribution is 0.0625. The second kappa shape index (κ2) is 10.9. The van der Waals surface area contributed by atoms with Crippen LogP contribution < -0.4 is 5.32 Å². The Balaban J connectivity index is 1.73. The third kappa shape index (κ3) is 6.60. The van der Waals surface area contributed by atoms with Gasteiger partial charge in [-0.2, -0.15) is 0 Å². The predicted octanol–water partition coefficient (Wildman–Crippen LogP) is 2.57. The van der Waals surface area contributed by atoms with E-state index in [4.69, 9.17) is 9.73 Å². The maximum atomic E-state index is 5.46. The molecule has 2 fully saturated rings. The Kier molecular flexibility index (Phi) is 8.89. The average Bonchev–Trinajstić information content (AvgIpc) is 3.14. The molecule has 1 heterocycles. The molecule has 1 aliphatic heterocycles. The van der Waals surface area contributed by atoms with Gasteiger partial charge in [-0.3, -0.25) is 4.99 Å². The van der Waals surface area contributed by atoms with Gasteiger partial charge in [-0.05, 0) is 52.0 Å². The zero-order chi connectivity index (χ0) is 17.2. The summed E-state index contributed by atoms with van der Waals surface area (Å²) in [5.74, 6) is 1.88. The number of rotatable bonds is 8. The molecule has 0 aromatic heterocycles. The van der Waals surface area contributed by atoms with Crippen molar-refractivity contribution in [1.82, 2.24) is 15.1 Å². The minimum atomic E-state index is 0.786. The van der Waals surface area contributed by atoms with Gasteiger partial charge in [0.05, 0.1) is 6.54 Å². The van der Waals surface area contributed by atoms with E-state index in [1.54, 1.807) is 0 Å². The van der Waals surface area contributed by atoms with Crippen LogP contribution in [0.15, 0.2) is 4.99 Å². The van der Waals surface area contributed by atoms with Gasteiger partial charge in [0.1, 0.15) is 0 Å². The highest BCUT2D eigenvalue weighted by molar-refractivity contribution is 5.79. The maximum absolute atomic E-state index is 5.46. The maximum Gasteiger partial charge on any atom is 0.193 e. The van der Waals surface area contributed by atoms with Crippen LogP contribution in [0.5, 0.6) is 0 Å². The van der Waals surface area contributed by atoms with Crippen LogP contribution >= 0.6 is 0 Å². The SMILES string of the molecule is CCNC(=NCCN(C)C1CCCC1)N(C)CCC1CCOCC1. The number of likely N-dealkylation sites (N-methyl/N-ethyl adjacent to an activating group) is 1. The largest absolute Gasteiger partial charge is 0.381 e. The molecule has 0 aromatic carbocycles. The molecular weight excluding hydrogens is 300 g/mol. The van der Waals surface area contributed by atoms with Crippen molar-refractivity contribution >= 4 is 5.96 Å². The van der Waals surface area contributed by atoms with Gasteiger partial charge >= 0.3 is 0 Å². The van der Waals surface area contributed by atoms with Crippen LogP contribution in [0.4, 0.5) is 0 Å². The zero-order valence-corrected chi connectivity index (χ0v) is 16.1. The van der Waals surface area contributed by atoms with E-state index in [1.807, 2.05) is 0 Å². The normalized spacial score (nSPS) is 20.8. The summed E-state index contributed by atoms with van der Waals surface area (Å²) in [6, 6.07) is 0.786. The number of hydrogen-bond donors (Lipinski definition) is 1. The minimum absolute atomic E-state index is 0.786. The van der Waals surface area contributed by atoms with Gasteiger partial charge in [-0.1, -0.05) is 12.8 Å². The summed E-state index contributed by atoms with van der Waals surface area (Å²) >= 11 is 0. The number of nitrogens with one attached hydrogen (secondary N) is 1. The molecule has 1 aliphatic carbocycles. The average molecular weight is 339 g/mol. The van der Waals surface area contributed by atoms with Crippen LogP contribution in [-0.4, -0.2) is 75.3 Å². The van der Waals surface area contributed by atoms with E-state index in [1.165, 1.54) is 44.9 Å². The molecule has 0 amide bonds. The summed E-state index contributed by atoms with van der Waals surface area (Å²) in [7, 11) is 4.43. The number of nitrogens with zero attached hydrogens (tertiary/aromatic N) is 3. The van der Waals surface area contributed by atoms with E-state index in [9.17, 15) is 0 Å². The molecule has 0 aromatic rings. The van der Waals surface area contributed by atoms with Crippen LogP contribution in [0.1, 0.15) is 51.9 Å². The van der Waals surface area contributed by atoms with Gasteiger partial charge in [-0.15, -0.1) is 0 Å². The molecule has 0 atom stereocenters. The molecule has 5 heteroatoms. The molecule has 1 saturated carbocycles. The number of aliphatic imine (C=N–C) groups is 1. The Morgan fingerprint density at radius 3 is 2.46 bits per heavy atom. The Morgan fingerprint density at radius 1 is 1.08 bits per heavy atom. The summed E-state index contributed by atoms with van der Waals surface area (Å²) < 4.78 is 5.46. The predicted molar refractivity (Wildman–Crippen MR) is 102 cm³/mol. The quantitative estimate of drug-likeness (QED) is 0.545. The van der Waals surface area contributed by atoms with Gasteiger partial charge < -0.3 is 19.9 Å². The van der Waals surface area contributed by atoms with E-state index in [0.29, 0.717) is 0 Å². The monoisotopic (exact) mass is 338 g/mol. The van der Waals surface area contributed by atoms with Gasteiger partial charge in [0.25, 0.3) is 0 Å². The van der Waals surface area contributed by atoms with Crippen LogP contribution in [0.25, 0.3) is 0 Å². The molecule has 0 radical (unpaired) electrons. The van der Waals surface area contributed by atoms with Gasteiger partial charge in [0.15, 0.2) is 5.96 Å². The molecule has 5 nitrogen and oxygen atoms in total. The second-order valence-corrected chi connectivity index (χ2v) is 7.42. The van der Waals surface area contributed by atoms with Gasteiger partial charge in [0, 0.05) is 45.9 Å². The van der Waals surface area contributed by atoms with Crippen molar-refractivity contribution in [3.05, 3.63) is 0 Å². The van der Waals surface area contributed by atoms with Crippen molar-refractivity contribution in [2.45, 2.75) is 57.9 Å². The highest BCUT2D eigenvalue weighted by Crippen LogP contribution is 2.22. The van der Waals surface area contributed by atoms with E-state index in [2.05, 4.69) is 36.1 Å². The first-order valence-electron chi connectivity index (χ1n) is 9.98. The first-order chi connectivity index (χ1) is 11.7. The zero-order valence-electron chi connectivity index (χ0n) is 16.1. The van der Waals surface area contributed by atoms with Crippen LogP contribution in [0, 0.1) is 5.92 Å². The molecule has 140 valence electrons. The molecule has 0 spiro atoms. The summed E-state index contributed by atoms with van der Waals surface area (Å²) in [5.41, 5.74) is 0. The Hall–Kier alpha value is -0.810. The summed E-state index contributed by atoms with van der Waals surface area (Å²) in [4.78, 5) is 9.66. The fourth-order valence-electron chi connectivity index (χ4n) is 3.83. The summed E-state index contributed by atoms with van der Waals surface area (Å²) in [6.07, 6.45) is 9.20. The molecule has 0 unspecified atom stereocenters. The molecular formula is C19H38N4O. The third-order valence-electron chi connectivity index (χ3n) is 5.57. The molecule has 1 saturated heterocycles. The van der Waals surface area contributed by atoms with Gasteiger partial charge in [0.2, 0.25) is 0 Å². The second-order valence-electron chi connectivity index (χ2n) is 7.42. The third-order valence-corrected chi connectivity index (χ3v) is 5.57. The summed E-state index contributed by atoms with van der Waals surface area (Å²) in [5, 5.41) is 3.45. The molecule has 1 N–H and O–H groups in total. The van der Waals surface area contributed by atoms with Crippen molar-refractivity contribution in [2.75, 3.05) is 53.5 Å². The number of ether oxygens (including phenoxy) is 1. The van der Waals surface area contributed by atoms with Crippen LogP contribution in [0.2, 0.25) is 0 Å². The van der Waals surface area contributed by atoms with Crippen molar-refractivity contribution in [3.63, 3.8) is 0 Å². The molecule has 24 heavy (non-hydrogen) atoms. The number of hydrogen-bond acceptors (Lipinski definition) is 3. The fraction of sp³-hybridized carbons (Fsp3) is 0.947. The van der Waals surface area contributed by atoms with Crippen LogP contribution in [-0.2, 0) is 4.74 Å². The standard InChI is InChI=1S/C19H38N4O/c1-4-20-19(21-12-14-22(2)18-7-5-6-8-18)23(3)13-9-17-10-15-24-16-11-17/h17-18H,4-16H2,1-3H3,(H,20,21). The van der Waals surface area contributed by atoms with E-state index >= 15 is 0 Å². The Labute approximate surface area is 148 Å². The Bertz CT molecular complexity index is 362. The first kappa shape index (κ1) is 19.5. The smallest absolute Gasteiger partial charge is 0.193 e. The van der Waals surface area contributed by atoms with Gasteiger partial charge in [-0.25, -0.2) is 0 Å². The summed E-state index contributed by atoms with van der Waals surface area (Å²) in [6.45, 7) is 7.98. The van der Waals surface area contributed by atoms with Crippen molar-refractivity contribution in [3.8, 4) is 0 Å². The molecule has 0 bridgehead atoms. The van der Waals surface area contributed by atoms with Crippen molar-refractivity contribution < 1.29 is 4.74 Å². The Morgan fingerprint density at radius 2 is 1.79 bits per heavy atom. The van der Waals surface area contributed by atoms with Crippen molar-refractivity contribution in [1.29, 1.82) is 0 Å². The number of guanidine groups is 1. The van der Waals surface area contributed by atoms with Crippen molar-refractivity contribution in [2.24, 2.45) is 10.9 Å². The lowest BCUT2D eigenvalue weighted by atomic mass is 9.96. The van der Waals surface area contributed by atoms with Crippen LogP contribution in [0.3, 0.4) is 0 Å². The van der Waals surface area contributed by atoms with E-state index < -0.39 is 0 Å². The van der Waals surface area contributed by atoms with E-state index in [0.717, 1.165) is 57.3 Å². The molecule has 2 rings (SSSR count). The highest BCUT2D eigenvalue weighted by atomic mass is 16.5. The highest BCUT2D eigenvalue weighted by Gasteiger charge is 2.19. The first-order valence-corrected chi connectivity index (χ1v) is 9.98. The molecule has 2 aliphatic rings. The van der Waals surface area contributed by atoms with E-state index in [-0.39, 0.29) is 0 Å². The topological polar surface area (TPSA) is 40.1 Å².